The number of para-hydroxylation sites is 1. The van der Waals surface area contributed by atoms with E-state index in [1.807, 2.05) is 91.9 Å². The van der Waals surface area contributed by atoms with E-state index in [4.69, 9.17) is 0 Å². The zero-order chi connectivity index (χ0) is 30.2. The molecule has 1 N–H and O–H groups in total. The average Bonchev–Trinajstić information content (AvgIpc) is 3.46. The third-order valence-electron chi connectivity index (χ3n) is 7.94. The molecule has 43 heavy (non-hydrogen) atoms. The minimum atomic E-state index is -0.147. The Labute approximate surface area is 254 Å². The van der Waals surface area contributed by atoms with Gasteiger partial charge in [0, 0.05) is 62.1 Å². The fourth-order valence-electron chi connectivity index (χ4n) is 5.34. The first-order chi connectivity index (χ1) is 20.9. The van der Waals surface area contributed by atoms with Gasteiger partial charge in [-0.2, -0.15) is 0 Å². The van der Waals surface area contributed by atoms with Gasteiger partial charge in [0.05, 0.1) is 0 Å². The van der Waals surface area contributed by atoms with E-state index in [9.17, 15) is 9.59 Å². The Bertz CT molecular complexity index is 1640. The number of hydrogen-bond acceptors (Lipinski definition) is 3. The highest BCUT2D eigenvalue weighted by molar-refractivity contribution is 5.96. The molecule has 1 aromatic heterocycles. The van der Waals surface area contributed by atoms with Crippen molar-refractivity contribution in [1.82, 2.24) is 14.8 Å². The first-order valence-corrected chi connectivity index (χ1v) is 14.9. The number of hydrogen-bond donors (Lipinski definition) is 1. The van der Waals surface area contributed by atoms with Gasteiger partial charge < -0.3 is 19.7 Å². The van der Waals surface area contributed by atoms with E-state index >= 15 is 0 Å². The van der Waals surface area contributed by atoms with Crippen LogP contribution in [0, 0.1) is 0 Å². The van der Waals surface area contributed by atoms with Gasteiger partial charge in [-0.25, -0.2) is 0 Å². The predicted octanol–water partition coefficient (Wildman–Crippen LogP) is 6.71. The van der Waals surface area contributed by atoms with E-state index in [1.54, 1.807) is 4.90 Å². The van der Waals surface area contributed by atoms with Crippen LogP contribution in [0.5, 0.6) is 0 Å². The van der Waals surface area contributed by atoms with Crippen molar-refractivity contribution in [2.75, 3.05) is 32.1 Å². The van der Waals surface area contributed by atoms with Crippen LogP contribution in [-0.2, 0) is 30.7 Å². The van der Waals surface area contributed by atoms with Crippen LogP contribution in [0.25, 0.3) is 10.9 Å². The number of benzene rings is 4. The normalized spacial score (nSPS) is 11.0. The van der Waals surface area contributed by atoms with Crippen molar-refractivity contribution < 1.29 is 9.59 Å². The molecule has 6 heteroatoms. The van der Waals surface area contributed by atoms with E-state index in [0.29, 0.717) is 31.6 Å². The Balaban J connectivity index is 1.40. The van der Waals surface area contributed by atoms with Gasteiger partial charge in [-0.05, 0) is 65.4 Å². The standard InChI is InChI=1S/C37H40N4O2/c1-4-28-14-18-31(19-15-28)37(43)41(26-29-10-6-5-7-11-29)27-36(42)40(25-30-16-20-33(21-17-30)39(2)3)23-22-32-24-38-35-13-9-8-12-34(32)35/h5-21,24,38H,4,22-23,25-27H2,1-3H3. The summed E-state index contributed by atoms with van der Waals surface area (Å²) in [7, 11) is 4.03. The molecule has 0 radical (unpaired) electrons. The maximum atomic E-state index is 14.1. The number of amides is 2. The first kappa shape index (κ1) is 29.6. The molecule has 0 aliphatic heterocycles. The van der Waals surface area contributed by atoms with Crippen molar-refractivity contribution in [3.05, 3.63) is 137 Å². The number of aryl methyl sites for hydroxylation is 1. The van der Waals surface area contributed by atoms with Crippen molar-refractivity contribution in [2.45, 2.75) is 32.9 Å². The molecule has 5 aromatic rings. The van der Waals surface area contributed by atoms with E-state index in [0.717, 1.165) is 28.8 Å². The lowest BCUT2D eigenvalue weighted by atomic mass is 10.1. The molecule has 5 rings (SSSR count). The summed E-state index contributed by atoms with van der Waals surface area (Å²) < 4.78 is 0. The highest BCUT2D eigenvalue weighted by atomic mass is 16.2. The first-order valence-electron chi connectivity index (χ1n) is 14.9. The molecule has 0 atom stereocenters. The number of aromatic nitrogens is 1. The number of carbonyl (C=O) groups is 2. The van der Waals surface area contributed by atoms with Crippen molar-refractivity contribution >= 4 is 28.4 Å². The highest BCUT2D eigenvalue weighted by Gasteiger charge is 2.23. The lowest BCUT2D eigenvalue weighted by Gasteiger charge is -2.28. The zero-order valence-corrected chi connectivity index (χ0v) is 25.3. The number of aromatic amines is 1. The molecule has 0 aliphatic carbocycles. The van der Waals surface area contributed by atoms with Crippen molar-refractivity contribution in [3.63, 3.8) is 0 Å². The van der Waals surface area contributed by atoms with Crippen LogP contribution in [0.15, 0.2) is 109 Å². The number of nitrogens with zero attached hydrogens (tertiary/aromatic N) is 3. The number of H-pyrrole nitrogens is 1. The van der Waals surface area contributed by atoms with Gasteiger partial charge in [-0.3, -0.25) is 9.59 Å². The summed E-state index contributed by atoms with van der Waals surface area (Å²) in [6.45, 7) is 3.44. The summed E-state index contributed by atoms with van der Waals surface area (Å²) in [5.74, 6) is -0.224. The van der Waals surface area contributed by atoms with E-state index < -0.39 is 0 Å². The number of carbonyl (C=O) groups excluding carboxylic acids is 2. The van der Waals surface area contributed by atoms with Crippen LogP contribution >= 0.6 is 0 Å². The van der Waals surface area contributed by atoms with E-state index in [-0.39, 0.29) is 18.4 Å². The van der Waals surface area contributed by atoms with Crippen LogP contribution in [0.2, 0.25) is 0 Å². The number of nitrogens with one attached hydrogen (secondary N) is 1. The second kappa shape index (κ2) is 13.9. The van der Waals surface area contributed by atoms with Gasteiger partial charge in [0.25, 0.3) is 5.91 Å². The smallest absolute Gasteiger partial charge is 0.254 e. The topological polar surface area (TPSA) is 59.7 Å². The van der Waals surface area contributed by atoms with Gasteiger partial charge >= 0.3 is 0 Å². The fraction of sp³-hybridized carbons (Fsp3) is 0.243. The lowest BCUT2D eigenvalue weighted by molar-refractivity contribution is -0.132. The van der Waals surface area contributed by atoms with Crippen molar-refractivity contribution in [3.8, 4) is 0 Å². The second-order valence-electron chi connectivity index (χ2n) is 11.2. The third-order valence-corrected chi connectivity index (χ3v) is 7.94. The molecule has 0 bridgehead atoms. The Kier molecular flexibility index (Phi) is 9.57. The summed E-state index contributed by atoms with van der Waals surface area (Å²) in [4.78, 5) is 36.9. The minimum Gasteiger partial charge on any atom is -0.378 e. The van der Waals surface area contributed by atoms with E-state index in [2.05, 4.69) is 53.2 Å². The van der Waals surface area contributed by atoms with Crippen LogP contribution in [-0.4, -0.2) is 53.8 Å². The molecule has 4 aromatic carbocycles. The summed E-state index contributed by atoms with van der Waals surface area (Å²) >= 11 is 0. The molecular weight excluding hydrogens is 532 g/mol. The van der Waals surface area contributed by atoms with Gasteiger partial charge in [0.15, 0.2) is 0 Å². The molecule has 2 amide bonds. The number of rotatable bonds is 12. The maximum Gasteiger partial charge on any atom is 0.254 e. The minimum absolute atomic E-state index is 0.00702. The predicted molar refractivity (Wildman–Crippen MR) is 175 cm³/mol. The van der Waals surface area contributed by atoms with E-state index in [1.165, 1.54) is 16.5 Å². The second-order valence-corrected chi connectivity index (χ2v) is 11.2. The molecule has 1 heterocycles. The molecule has 0 aliphatic rings. The fourth-order valence-corrected chi connectivity index (χ4v) is 5.34. The molecule has 0 spiro atoms. The largest absolute Gasteiger partial charge is 0.378 e. The summed E-state index contributed by atoms with van der Waals surface area (Å²) in [6.07, 6.45) is 3.64. The Morgan fingerprint density at radius 1 is 0.698 bits per heavy atom. The van der Waals surface area contributed by atoms with Gasteiger partial charge in [-0.1, -0.05) is 79.7 Å². The quantitative estimate of drug-likeness (QED) is 0.181. The lowest BCUT2D eigenvalue weighted by Crippen LogP contribution is -2.43. The highest BCUT2D eigenvalue weighted by Crippen LogP contribution is 2.20. The van der Waals surface area contributed by atoms with Gasteiger partial charge in [0.1, 0.15) is 6.54 Å². The zero-order valence-electron chi connectivity index (χ0n) is 25.3. The average molecular weight is 573 g/mol. The van der Waals surface area contributed by atoms with Crippen molar-refractivity contribution in [2.24, 2.45) is 0 Å². The summed E-state index contributed by atoms with van der Waals surface area (Å²) in [5, 5.41) is 1.17. The molecular formula is C37H40N4O2. The Morgan fingerprint density at radius 2 is 1.33 bits per heavy atom. The molecule has 220 valence electrons. The SMILES string of the molecule is CCc1ccc(C(=O)N(CC(=O)N(CCc2c[nH]c3ccccc23)Cc2ccc(N(C)C)cc2)Cc2ccccc2)cc1. The van der Waals surface area contributed by atoms with Crippen LogP contribution in [0.4, 0.5) is 5.69 Å². The number of anilines is 1. The number of fused-ring (bicyclic) bond motifs is 1. The third kappa shape index (κ3) is 7.52. The van der Waals surface area contributed by atoms with Gasteiger partial charge in [-0.15, -0.1) is 0 Å². The molecule has 6 nitrogen and oxygen atoms in total. The maximum absolute atomic E-state index is 14.1. The molecule has 0 unspecified atom stereocenters. The van der Waals surface area contributed by atoms with Crippen molar-refractivity contribution in [1.29, 1.82) is 0 Å². The van der Waals surface area contributed by atoms with Gasteiger partial charge in [0.2, 0.25) is 5.91 Å². The summed E-state index contributed by atoms with van der Waals surface area (Å²) in [5.41, 5.74) is 7.16. The van der Waals surface area contributed by atoms with Crippen LogP contribution in [0.1, 0.15) is 39.5 Å². The molecule has 0 saturated heterocycles. The van der Waals surface area contributed by atoms with Crippen LogP contribution in [0.3, 0.4) is 0 Å². The molecule has 0 saturated carbocycles. The molecule has 0 fully saturated rings. The monoisotopic (exact) mass is 572 g/mol. The Morgan fingerprint density at radius 3 is 2.02 bits per heavy atom. The summed E-state index contributed by atoms with van der Waals surface area (Å²) in [6, 6.07) is 34.1. The van der Waals surface area contributed by atoms with Crippen LogP contribution < -0.4 is 4.90 Å². The Hall–Kier alpha value is -4.84.